The maximum atomic E-state index is 12.9. The smallest absolute Gasteiger partial charge is 0.394 e. The van der Waals surface area contributed by atoms with Crippen molar-refractivity contribution in [1.82, 2.24) is 4.90 Å². The molecule has 0 saturated carbocycles. The molecule has 2 aromatic rings. The van der Waals surface area contributed by atoms with E-state index in [-0.39, 0.29) is 19.8 Å². The zero-order valence-electron chi connectivity index (χ0n) is 15.4. The average molecular weight is 433 g/mol. The monoisotopic (exact) mass is 433 g/mol. The van der Waals surface area contributed by atoms with Gasteiger partial charge in [0.15, 0.2) is 0 Å². The Labute approximate surface area is 167 Å². The Kier molecular flexibility index (Phi) is 5.08. The lowest BCUT2D eigenvalue weighted by atomic mass is 10.0. The second-order valence-electron chi connectivity index (χ2n) is 7.36. The molecule has 2 aliphatic heterocycles. The Morgan fingerprint density at radius 2 is 1.13 bits per heavy atom. The van der Waals surface area contributed by atoms with Crippen molar-refractivity contribution in [3.8, 4) is 0 Å². The van der Waals surface area contributed by atoms with E-state index in [0.29, 0.717) is 11.1 Å². The van der Waals surface area contributed by atoms with E-state index in [1.54, 1.807) is 4.90 Å². The normalized spacial score (nSPS) is 27.4. The van der Waals surface area contributed by atoms with Crippen molar-refractivity contribution in [3.05, 3.63) is 70.8 Å². The summed E-state index contributed by atoms with van der Waals surface area (Å²) in [4.78, 5) is 1.66. The molecular formula is C20H17F6NO3. The van der Waals surface area contributed by atoms with Crippen molar-refractivity contribution in [1.29, 1.82) is 0 Å². The van der Waals surface area contributed by atoms with Gasteiger partial charge in [-0.05, 0) is 35.4 Å². The third-order valence-corrected chi connectivity index (χ3v) is 5.41. The topological polar surface area (TPSA) is 41.9 Å². The molecule has 0 radical (unpaired) electrons. The summed E-state index contributed by atoms with van der Waals surface area (Å²) in [5.41, 5.74) is -1.73. The Morgan fingerprint density at radius 1 is 0.767 bits per heavy atom. The summed E-state index contributed by atoms with van der Waals surface area (Å²) in [6.45, 7) is -0.222. The highest BCUT2D eigenvalue weighted by molar-refractivity contribution is 5.30. The van der Waals surface area contributed by atoms with Crippen molar-refractivity contribution in [2.24, 2.45) is 0 Å². The van der Waals surface area contributed by atoms with Crippen LogP contribution < -0.4 is 0 Å². The number of alkyl halides is 6. The van der Waals surface area contributed by atoms with Crippen LogP contribution in [0.4, 0.5) is 26.3 Å². The summed E-state index contributed by atoms with van der Waals surface area (Å²) >= 11 is 0. The van der Waals surface area contributed by atoms with Crippen molar-refractivity contribution < 1.29 is 40.9 Å². The van der Waals surface area contributed by atoms with Gasteiger partial charge in [0.1, 0.15) is 12.5 Å². The van der Waals surface area contributed by atoms with Crippen molar-refractivity contribution >= 4 is 0 Å². The van der Waals surface area contributed by atoms with Crippen LogP contribution in [0.25, 0.3) is 0 Å². The molecular weight excluding hydrogens is 416 g/mol. The quantitative estimate of drug-likeness (QED) is 0.724. The maximum absolute atomic E-state index is 12.9. The Balaban J connectivity index is 1.66. The molecule has 0 spiro atoms. The predicted octanol–water partition coefficient (Wildman–Crippen LogP) is 4.52. The summed E-state index contributed by atoms with van der Waals surface area (Å²) in [6.07, 6.45) is -10.6. The van der Waals surface area contributed by atoms with E-state index in [1.807, 2.05) is 0 Å². The first-order valence-electron chi connectivity index (χ1n) is 9.02. The minimum Gasteiger partial charge on any atom is -0.394 e. The fraction of sp³-hybridized carbons (Fsp3) is 0.400. The number of aliphatic hydroxyl groups is 1. The van der Waals surface area contributed by atoms with E-state index in [2.05, 4.69) is 0 Å². The first-order chi connectivity index (χ1) is 14.0. The van der Waals surface area contributed by atoms with Crippen LogP contribution in [0.5, 0.6) is 0 Å². The second kappa shape index (κ2) is 7.23. The molecule has 0 amide bonds. The molecule has 2 fully saturated rings. The molecule has 1 N–H and O–H groups in total. The molecule has 30 heavy (non-hydrogen) atoms. The number of aliphatic hydroxyl groups excluding tert-OH is 1. The fourth-order valence-electron chi connectivity index (χ4n) is 3.80. The largest absolute Gasteiger partial charge is 0.416 e. The maximum Gasteiger partial charge on any atom is 0.416 e. The van der Waals surface area contributed by atoms with Gasteiger partial charge < -0.3 is 14.6 Å². The zero-order valence-corrected chi connectivity index (χ0v) is 15.4. The molecule has 2 aromatic carbocycles. The number of ether oxygens (including phenoxy) is 2. The van der Waals surface area contributed by atoms with E-state index in [9.17, 15) is 31.4 Å². The van der Waals surface area contributed by atoms with Crippen molar-refractivity contribution in [3.63, 3.8) is 0 Å². The van der Waals surface area contributed by atoms with Gasteiger partial charge in [0.2, 0.25) is 0 Å². The van der Waals surface area contributed by atoms with Gasteiger partial charge in [-0.15, -0.1) is 0 Å². The van der Waals surface area contributed by atoms with Crippen molar-refractivity contribution in [2.45, 2.75) is 30.3 Å². The number of hydrogen-bond acceptors (Lipinski definition) is 4. The van der Waals surface area contributed by atoms with Crippen LogP contribution in [0.15, 0.2) is 48.5 Å². The lowest BCUT2D eigenvalue weighted by molar-refractivity contribution is -0.138. The molecule has 162 valence electrons. The van der Waals surface area contributed by atoms with Gasteiger partial charge in [0.05, 0.1) is 36.5 Å². The SMILES string of the molecule is OCC12COC(c3ccc(C(F)(F)F)cc3)N1C(c1ccc(C(F)(F)F)cc1)OC2. The summed E-state index contributed by atoms with van der Waals surface area (Å²) in [6, 6.07) is 8.85. The van der Waals surface area contributed by atoms with Gasteiger partial charge in [0, 0.05) is 0 Å². The van der Waals surface area contributed by atoms with E-state index in [0.717, 1.165) is 24.3 Å². The Morgan fingerprint density at radius 3 is 1.43 bits per heavy atom. The highest BCUT2D eigenvalue weighted by Crippen LogP contribution is 2.49. The second-order valence-corrected chi connectivity index (χ2v) is 7.36. The molecule has 2 aliphatic rings. The standard InChI is InChI=1S/C20H17F6NO3/c21-19(22,23)14-5-1-12(2-6-14)16-27-17(30-11-18(27,9-28)10-29-16)13-3-7-15(8-4-13)20(24,25)26/h1-8,16-17,28H,9-11H2. The van der Waals surface area contributed by atoms with E-state index in [1.165, 1.54) is 24.3 Å². The van der Waals surface area contributed by atoms with Crippen LogP contribution >= 0.6 is 0 Å². The van der Waals surface area contributed by atoms with Crippen LogP contribution in [-0.2, 0) is 21.8 Å². The molecule has 0 bridgehead atoms. The first kappa shape index (κ1) is 21.1. The molecule has 4 rings (SSSR count). The molecule has 10 heteroatoms. The minimum absolute atomic E-state index is 0.0618. The highest BCUT2D eigenvalue weighted by Gasteiger charge is 2.56. The third-order valence-electron chi connectivity index (χ3n) is 5.41. The van der Waals surface area contributed by atoms with Gasteiger partial charge in [-0.1, -0.05) is 24.3 Å². The lowest BCUT2D eigenvalue weighted by Gasteiger charge is -2.33. The number of hydrogen-bond donors (Lipinski definition) is 1. The van der Waals surface area contributed by atoms with Crippen LogP contribution in [-0.4, -0.2) is 35.4 Å². The average Bonchev–Trinajstić information content (AvgIpc) is 3.24. The Hall–Kier alpha value is -2.14. The van der Waals surface area contributed by atoms with E-state index >= 15 is 0 Å². The van der Waals surface area contributed by atoms with Gasteiger partial charge in [0.25, 0.3) is 0 Å². The molecule has 0 aliphatic carbocycles. The summed E-state index contributed by atoms with van der Waals surface area (Å²) in [5, 5.41) is 9.96. The van der Waals surface area contributed by atoms with E-state index < -0.39 is 41.5 Å². The molecule has 0 aromatic heterocycles. The third kappa shape index (κ3) is 3.58. The number of halogens is 6. The number of rotatable bonds is 3. The molecule has 2 heterocycles. The number of fused-ring (bicyclic) bond motifs is 1. The predicted molar refractivity (Wildman–Crippen MR) is 91.9 cm³/mol. The van der Waals surface area contributed by atoms with Crippen LogP contribution in [0.2, 0.25) is 0 Å². The van der Waals surface area contributed by atoms with Crippen LogP contribution in [0.3, 0.4) is 0 Å². The molecule has 2 saturated heterocycles. The van der Waals surface area contributed by atoms with Crippen LogP contribution in [0, 0.1) is 0 Å². The van der Waals surface area contributed by atoms with Crippen LogP contribution in [0.1, 0.15) is 34.7 Å². The van der Waals surface area contributed by atoms with Gasteiger partial charge in [-0.2, -0.15) is 26.3 Å². The number of benzene rings is 2. The van der Waals surface area contributed by atoms with Crippen molar-refractivity contribution in [2.75, 3.05) is 19.8 Å². The zero-order chi connectivity index (χ0) is 21.7. The van der Waals surface area contributed by atoms with E-state index in [4.69, 9.17) is 9.47 Å². The summed E-state index contributed by atoms with van der Waals surface area (Å²) < 4.78 is 88.7. The fourth-order valence-corrected chi connectivity index (χ4v) is 3.80. The lowest BCUT2D eigenvalue weighted by Crippen LogP contribution is -2.47. The summed E-state index contributed by atoms with van der Waals surface area (Å²) in [7, 11) is 0. The highest BCUT2D eigenvalue weighted by atomic mass is 19.4. The first-order valence-corrected chi connectivity index (χ1v) is 9.02. The molecule has 2 atom stereocenters. The summed E-state index contributed by atoms with van der Waals surface area (Å²) in [5.74, 6) is 0. The number of nitrogens with zero attached hydrogens (tertiary/aromatic N) is 1. The van der Waals surface area contributed by atoms with Gasteiger partial charge in [-0.3, -0.25) is 0 Å². The van der Waals surface area contributed by atoms with Gasteiger partial charge >= 0.3 is 12.4 Å². The molecule has 4 nitrogen and oxygen atoms in total. The molecule has 2 unspecified atom stereocenters. The van der Waals surface area contributed by atoms with Gasteiger partial charge in [-0.25, -0.2) is 4.90 Å². The minimum atomic E-state index is -4.48. The Bertz CT molecular complexity index is 825.